The Labute approximate surface area is 92.9 Å². The maximum Gasteiger partial charge on any atom is 0.166 e. The summed E-state index contributed by atoms with van der Waals surface area (Å²) >= 11 is 1.65. The molecule has 0 aliphatic carbocycles. The first-order valence-electron chi connectivity index (χ1n) is 4.65. The zero-order valence-electron chi connectivity index (χ0n) is 8.38. The van der Waals surface area contributed by atoms with Gasteiger partial charge >= 0.3 is 0 Å². The molecule has 1 heterocycles. The maximum atomic E-state index is 10.7. The molecule has 3 heteroatoms. The Morgan fingerprint density at radius 3 is 2.47 bits per heavy atom. The molecular weight excluding hydrogens is 206 g/mol. The predicted octanol–water partition coefficient (Wildman–Crippen LogP) is 2.99. The van der Waals surface area contributed by atoms with Gasteiger partial charge in [-0.2, -0.15) is 0 Å². The van der Waals surface area contributed by atoms with Crippen molar-refractivity contribution in [3.8, 4) is 0 Å². The molecule has 0 saturated carbocycles. The van der Waals surface area contributed by atoms with Crippen LogP contribution < -0.4 is 0 Å². The van der Waals surface area contributed by atoms with E-state index in [1.54, 1.807) is 11.8 Å². The lowest BCUT2D eigenvalue weighted by Gasteiger charge is -2.03. The molecular formula is C12H11NOS. The third-order valence-electron chi connectivity index (χ3n) is 2.20. The van der Waals surface area contributed by atoms with Crippen molar-refractivity contribution >= 4 is 18.0 Å². The van der Waals surface area contributed by atoms with Crippen molar-refractivity contribution < 1.29 is 4.79 Å². The monoisotopic (exact) mass is 217 g/mol. The quantitative estimate of drug-likeness (QED) is 0.737. The molecule has 1 aromatic heterocycles. The van der Waals surface area contributed by atoms with Crippen LogP contribution in [0.2, 0.25) is 0 Å². The Morgan fingerprint density at radius 2 is 1.87 bits per heavy atom. The summed E-state index contributed by atoms with van der Waals surface area (Å²) in [6.45, 7) is 0. The fourth-order valence-corrected chi connectivity index (χ4v) is 2.25. The summed E-state index contributed by atoms with van der Waals surface area (Å²) in [6, 6.07) is 13.9. The van der Waals surface area contributed by atoms with Crippen molar-refractivity contribution in [2.24, 2.45) is 7.05 Å². The molecule has 15 heavy (non-hydrogen) atoms. The Kier molecular flexibility index (Phi) is 2.92. The van der Waals surface area contributed by atoms with Gasteiger partial charge in [0.05, 0.1) is 10.7 Å². The van der Waals surface area contributed by atoms with Crippen molar-refractivity contribution in [3.05, 3.63) is 48.2 Å². The van der Waals surface area contributed by atoms with E-state index < -0.39 is 0 Å². The number of aromatic nitrogens is 1. The van der Waals surface area contributed by atoms with Crippen LogP contribution >= 0.6 is 11.8 Å². The Balaban J connectivity index is 2.25. The van der Waals surface area contributed by atoms with E-state index in [9.17, 15) is 4.79 Å². The van der Waals surface area contributed by atoms with Crippen LogP contribution in [0.25, 0.3) is 0 Å². The lowest BCUT2D eigenvalue weighted by molar-refractivity contribution is 0.111. The lowest BCUT2D eigenvalue weighted by Crippen LogP contribution is -1.95. The van der Waals surface area contributed by atoms with Crippen molar-refractivity contribution in [2.45, 2.75) is 9.92 Å². The number of rotatable bonds is 3. The molecule has 0 saturated heterocycles. The van der Waals surface area contributed by atoms with E-state index >= 15 is 0 Å². The summed E-state index contributed by atoms with van der Waals surface area (Å²) < 4.78 is 1.89. The number of hydrogen-bond donors (Lipinski definition) is 0. The van der Waals surface area contributed by atoms with Crippen LogP contribution in [0, 0.1) is 0 Å². The Hall–Kier alpha value is -1.48. The smallest absolute Gasteiger partial charge is 0.166 e. The molecule has 0 N–H and O–H groups in total. The fourth-order valence-electron chi connectivity index (χ4n) is 1.34. The molecule has 0 aliphatic heterocycles. The van der Waals surface area contributed by atoms with E-state index in [-0.39, 0.29) is 0 Å². The minimum Gasteiger partial charge on any atom is -0.336 e. The van der Waals surface area contributed by atoms with Gasteiger partial charge in [0, 0.05) is 11.9 Å². The molecule has 0 aliphatic rings. The van der Waals surface area contributed by atoms with Crippen LogP contribution in [0.15, 0.2) is 52.4 Å². The van der Waals surface area contributed by atoms with E-state index in [2.05, 4.69) is 12.1 Å². The first-order chi connectivity index (χ1) is 7.31. The fraction of sp³-hybridized carbons (Fsp3) is 0.0833. The number of nitrogens with zero attached hydrogens (tertiary/aromatic N) is 1. The van der Waals surface area contributed by atoms with Crippen LogP contribution in [0.3, 0.4) is 0 Å². The SMILES string of the molecule is Cn1c(C=O)ccc1Sc1ccccc1. The van der Waals surface area contributed by atoms with Crippen LogP contribution in [0.5, 0.6) is 0 Å². The molecule has 0 amide bonds. The summed E-state index contributed by atoms with van der Waals surface area (Å²) in [7, 11) is 1.90. The van der Waals surface area contributed by atoms with E-state index in [0.29, 0.717) is 5.69 Å². The maximum absolute atomic E-state index is 10.7. The van der Waals surface area contributed by atoms with Gasteiger partial charge in [0.2, 0.25) is 0 Å². The molecule has 0 bridgehead atoms. The molecule has 0 fully saturated rings. The second-order valence-corrected chi connectivity index (χ2v) is 4.28. The van der Waals surface area contributed by atoms with Gasteiger partial charge in [-0.15, -0.1) is 0 Å². The molecule has 0 spiro atoms. The van der Waals surface area contributed by atoms with Gasteiger partial charge in [0.25, 0.3) is 0 Å². The standard InChI is InChI=1S/C12H11NOS/c1-13-10(9-14)7-8-12(13)15-11-5-3-2-4-6-11/h2-9H,1H3. The summed E-state index contributed by atoms with van der Waals surface area (Å²) in [5, 5.41) is 1.07. The topological polar surface area (TPSA) is 22.0 Å². The number of aldehydes is 1. The van der Waals surface area contributed by atoms with E-state index in [4.69, 9.17) is 0 Å². The third kappa shape index (κ3) is 2.13. The summed E-state index contributed by atoms with van der Waals surface area (Å²) in [6.07, 6.45) is 0.870. The second-order valence-electron chi connectivity index (χ2n) is 3.19. The van der Waals surface area contributed by atoms with Gasteiger partial charge < -0.3 is 4.57 Å². The molecule has 1 aromatic carbocycles. The average Bonchev–Trinajstić information content (AvgIpc) is 2.62. The summed E-state index contributed by atoms with van der Waals surface area (Å²) in [5.74, 6) is 0. The zero-order valence-corrected chi connectivity index (χ0v) is 9.20. The molecule has 0 unspecified atom stereocenters. The minimum absolute atomic E-state index is 0.702. The highest BCUT2D eigenvalue weighted by atomic mass is 32.2. The third-order valence-corrected chi connectivity index (χ3v) is 3.33. The molecule has 76 valence electrons. The average molecular weight is 217 g/mol. The van der Waals surface area contributed by atoms with Crippen molar-refractivity contribution in [1.29, 1.82) is 0 Å². The number of carbonyl (C=O) groups is 1. The van der Waals surface area contributed by atoms with Crippen molar-refractivity contribution in [2.75, 3.05) is 0 Å². The summed E-state index contributed by atoms with van der Waals surface area (Å²) in [5.41, 5.74) is 0.702. The van der Waals surface area contributed by atoms with E-state index in [1.807, 2.05) is 41.9 Å². The largest absolute Gasteiger partial charge is 0.336 e. The first kappa shape index (κ1) is 10.1. The highest BCUT2D eigenvalue weighted by Gasteiger charge is 2.04. The normalized spacial score (nSPS) is 10.2. The molecule has 2 aromatic rings. The Bertz CT molecular complexity index is 462. The van der Waals surface area contributed by atoms with Crippen LogP contribution in [-0.4, -0.2) is 10.9 Å². The van der Waals surface area contributed by atoms with Gasteiger partial charge in [0.1, 0.15) is 0 Å². The van der Waals surface area contributed by atoms with Gasteiger partial charge in [-0.1, -0.05) is 30.0 Å². The lowest BCUT2D eigenvalue weighted by atomic mass is 10.4. The highest BCUT2D eigenvalue weighted by molar-refractivity contribution is 7.99. The van der Waals surface area contributed by atoms with Crippen LogP contribution in [0.1, 0.15) is 10.5 Å². The second kappa shape index (κ2) is 4.36. The highest BCUT2D eigenvalue weighted by Crippen LogP contribution is 2.27. The Morgan fingerprint density at radius 1 is 1.13 bits per heavy atom. The number of hydrogen-bond acceptors (Lipinski definition) is 2. The molecule has 0 radical (unpaired) electrons. The predicted molar refractivity (Wildman–Crippen MR) is 61.4 cm³/mol. The number of carbonyl (C=O) groups excluding carboxylic acids is 1. The summed E-state index contributed by atoms with van der Waals surface area (Å²) in [4.78, 5) is 11.8. The first-order valence-corrected chi connectivity index (χ1v) is 5.46. The van der Waals surface area contributed by atoms with Gasteiger partial charge in [-0.3, -0.25) is 4.79 Å². The molecule has 2 nitrogen and oxygen atoms in total. The van der Waals surface area contributed by atoms with E-state index in [1.165, 1.54) is 4.90 Å². The van der Waals surface area contributed by atoms with Crippen LogP contribution in [0.4, 0.5) is 0 Å². The van der Waals surface area contributed by atoms with Gasteiger partial charge in [0.15, 0.2) is 6.29 Å². The van der Waals surface area contributed by atoms with Crippen molar-refractivity contribution in [1.82, 2.24) is 4.57 Å². The van der Waals surface area contributed by atoms with Gasteiger partial charge in [-0.25, -0.2) is 0 Å². The van der Waals surface area contributed by atoms with Gasteiger partial charge in [-0.05, 0) is 24.3 Å². The molecule has 0 atom stereocenters. The van der Waals surface area contributed by atoms with Crippen LogP contribution in [-0.2, 0) is 7.05 Å². The van der Waals surface area contributed by atoms with E-state index in [0.717, 1.165) is 11.3 Å². The zero-order chi connectivity index (χ0) is 10.7. The number of benzene rings is 1. The molecule has 2 rings (SSSR count). The minimum atomic E-state index is 0.702. The van der Waals surface area contributed by atoms with Crippen molar-refractivity contribution in [3.63, 3.8) is 0 Å².